The van der Waals surface area contributed by atoms with E-state index in [1.54, 1.807) is 0 Å². The predicted octanol–water partition coefficient (Wildman–Crippen LogP) is 2.24. The molecule has 0 fully saturated rings. The zero-order valence-corrected chi connectivity index (χ0v) is 14.5. The van der Waals surface area contributed by atoms with E-state index in [0.717, 1.165) is 10.7 Å². The number of aryl methyl sites for hydroxylation is 1. The van der Waals surface area contributed by atoms with Gasteiger partial charge in [0.05, 0.1) is 18.3 Å². The van der Waals surface area contributed by atoms with Gasteiger partial charge < -0.3 is 10.0 Å². The van der Waals surface area contributed by atoms with E-state index in [4.69, 9.17) is 0 Å². The highest BCUT2D eigenvalue weighted by Crippen LogP contribution is 2.18. The predicted molar refractivity (Wildman–Crippen MR) is 95.7 cm³/mol. The standard InChI is InChI=1S/C17H20N4O2S/c1-3-15(22)11-20(14-7-5-4-6-8-14)10-13-9-16(23)21-17(18-13)24-12(2)19-21/h4-9,15,22H,3,10-11H2,1-2H3/t15-/m0/s1. The van der Waals surface area contributed by atoms with Crippen LogP contribution in [0.15, 0.2) is 41.2 Å². The molecule has 126 valence electrons. The number of hydrogen-bond donors (Lipinski definition) is 1. The summed E-state index contributed by atoms with van der Waals surface area (Å²) in [5.74, 6) is 0. The molecule has 24 heavy (non-hydrogen) atoms. The van der Waals surface area contributed by atoms with Crippen molar-refractivity contribution in [2.24, 2.45) is 0 Å². The van der Waals surface area contributed by atoms with Crippen molar-refractivity contribution in [3.63, 3.8) is 0 Å². The summed E-state index contributed by atoms with van der Waals surface area (Å²) in [5.41, 5.74) is 1.49. The number of anilines is 1. The Morgan fingerprint density at radius 1 is 1.33 bits per heavy atom. The van der Waals surface area contributed by atoms with E-state index in [-0.39, 0.29) is 5.56 Å². The number of aliphatic hydroxyl groups is 1. The number of aliphatic hydroxyl groups excluding tert-OH is 1. The molecule has 0 saturated heterocycles. The van der Waals surface area contributed by atoms with Crippen LogP contribution in [0.4, 0.5) is 5.69 Å². The number of benzene rings is 1. The van der Waals surface area contributed by atoms with E-state index in [2.05, 4.69) is 10.1 Å². The van der Waals surface area contributed by atoms with Gasteiger partial charge in [0.1, 0.15) is 5.01 Å². The quantitative estimate of drug-likeness (QED) is 0.742. The number of nitrogens with zero attached hydrogens (tertiary/aromatic N) is 4. The Bertz CT molecular complexity index is 875. The fraction of sp³-hybridized carbons (Fsp3) is 0.353. The molecule has 6 nitrogen and oxygen atoms in total. The molecule has 7 heteroatoms. The summed E-state index contributed by atoms with van der Waals surface area (Å²) in [5, 5.41) is 15.0. The lowest BCUT2D eigenvalue weighted by Crippen LogP contribution is -2.32. The second-order valence-corrected chi connectivity index (χ2v) is 6.84. The van der Waals surface area contributed by atoms with Crippen LogP contribution in [0.1, 0.15) is 24.0 Å². The van der Waals surface area contributed by atoms with Crippen LogP contribution < -0.4 is 10.5 Å². The first-order valence-corrected chi connectivity index (χ1v) is 8.73. The number of aromatic nitrogens is 3. The van der Waals surface area contributed by atoms with Gasteiger partial charge in [0.2, 0.25) is 4.96 Å². The van der Waals surface area contributed by atoms with Crippen molar-refractivity contribution >= 4 is 22.0 Å². The minimum atomic E-state index is -0.430. The molecular formula is C17H20N4O2S. The first-order valence-electron chi connectivity index (χ1n) is 7.91. The molecule has 1 aromatic carbocycles. The molecule has 2 aromatic heterocycles. The molecule has 3 rings (SSSR count). The summed E-state index contributed by atoms with van der Waals surface area (Å²) in [6, 6.07) is 11.4. The highest BCUT2D eigenvalue weighted by atomic mass is 32.1. The maximum atomic E-state index is 12.2. The van der Waals surface area contributed by atoms with Crippen molar-refractivity contribution in [1.29, 1.82) is 0 Å². The van der Waals surface area contributed by atoms with Gasteiger partial charge in [-0.1, -0.05) is 36.5 Å². The van der Waals surface area contributed by atoms with E-state index in [0.29, 0.717) is 30.2 Å². The molecule has 1 N–H and O–H groups in total. The zero-order chi connectivity index (χ0) is 17.1. The molecule has 2 heterocycles. The lowest BCUT2D eigenvalue weighted by molar-refractivity contribution is 0.175. The molecule has 3 aromatic rings. The topological polar surface area (TPSA) is 70.7 Å². The third kappa shape index (κ3) is 3.63. The van der Waals surface area contributed by atoms with Crippen LogP contribution in [0.25, 0.3) is 4.96 Å². The summed E-state index contributed by atoms with van der Waals surface area (Å²) in [6.45, 7) is 4.75. The van der Waals surface area contributed by atoms with E-state index >= 15 is 0 Å². The largest absolute Gasteiger partial charge is 0.391 e. The third-order valence-corrected chi connectivity index (χ3v) is 4.60. The van der Waals surface area contributed by atoms with Crippen molar-refractivity contribution in [3.8, 4) is 0 Å². The van der Waals surface area contributed by atoms with Crippen LogP contribution >= 0.6 is 11.3 Å². The maximum Gasteiger partial charge on any atom is 0.275 e. The lowest BCUT2D eigenvalue weighted by atomic mass is 10.2. The second kappa shape index (κ2) is 7.11. The first-order chi connectivity index (χ1) is 11.6. The van der Waals surface area contributed by atoms with Crippen LogP contribution in [0, 0.1) is 6.92 Å². The third-order valence-electron chi connectivity index (χ3n) is 3.78. The van der Waals surface area contributed by atoms with Crippen LogP contribution in [-0.4, -0.2) is 32.4 Å². The zero-order valence-electron chi connectivity index (χ0n) is 13.7. The van der Waals surface area contributed by atoms with Crippen molar-refractivity contribution in [1.82, 2.24) is 14.6 Å². The van der Waals surface area contributed by atoms with Gasteiger partial charge in [-0.25, -0.2) is 4.98 Å². The molecule has 0 amide bonds. The Hall–Kier alpha value is -2.25. The van der Waals surface area contributed by atoms with Gasteiger partial charge in [-0.3, -0.25) is 4.79 Å². The van der Waals surface area contributed by atoms with Crippen LogP contribution in [-0.2, 0) is 6.54 Å². The summed E-state index contributed by atoms with van der Waals surface area (Å²) < 4.78 is 1.33. The van der Waals surface area contributed by atoms with Crippen molar-refractivity contribution in [3.05, 3.63) is 57.5 Å². The van der Waals surface area contributed by atoms with Crippen molar-refractivity contribution < 1.29 is 5.11 Å². The van der Waals surface area contributed by atoms with E-state index in [9.17, 15) is 9.90 Å². The fourth-order valence-electron chi connectivity index (χ4n) is 2.51. The molecular weight excluding hydrogens is 324 g/mol. The maximum absolute atomic E-state index is 12.2. The molecule has 1 atom stereocenters. The molecule has 0 spiro atoms. The van der Waals surface area contributed by atoms with Gasteiger partial charge >= 0.3 is 0 Å². The van der Waals surface area contributed by atoms with Crippen molar-refractivity contribution in [2.75, 3.05) is 11.4 Å². The van der Waals surface area contributed by atoms with Crippen molar-refractivity contribution in [2.45, 2.75) is 32.9 Å². The normalized spacial score (nSPS) is 12.5. The second-order valence-electron chi connectivity index (χ2n) is 5.68. The minimum Gasteiger partial charge on any atom is -0.391 e. The van der Waals surface area contributed by atoms with Crippen LogP contribution in [0.2, 0.25) is 0 Å². The Labute approximate surface area is 144 Å². The number of fused-ring (bicyclic) bond motifs is 1. The minimum absolute atomic E-state index is 0.177. The average Bonchev–Trinajstić information content (AvgIpc) is 2.96. The van der Waals surface area contributed by atoms with Gasteiger partial charge in [-0.2, -0.15) is 9.61 Å². The Morgan fingerprint density at radius 3 is 2.79 bits per heavy atom. The molecule has 0 aliphatic heterocycles. The van der Waals surface area contributed by atoms with Gasteiger partial charge in [0, 0.05) is 18.3 Å². The Kier molecular flexibility index (Phi) is 4.92. The fourth-order valence-corrected chi connectivity index (χ4v) is 3.28. The Morgan fingerprint density at radius 2 is 2.08 bits per heavy atom. The van der Waals surface area contributed by atoms with Gasteiger partial charge in [0.25, 0.3) is 5.56 Å². The first kappa shape index (κ1) is 16.6. The number of hydrogen-bond acceptors (Lipinski definition) is 6. The van der Waals surface area contributed by atoms with Gasteiger partial charge in [0.15, 0.2) is 0 Å². The summed E-state index contributed by atoms with van der Waals surface area (Å²) in [6.07, 6.45) is 0.243. The molecule has 0 bridgehead atoms. The Balaban J connectivity index is 1.93. The monoisotopic (exact) mass is 344 g/mol. The molecule has 0 unspecified atom stereocenters. The van der Waals surface area contributed by atoms with Crippen LogP contribution in [0.5, 0.6) is 0 Å². The molecule has 0 saturated carbocycles. The SMILES string of the molecule is CC[C@H](O)CN(Cc1cc(=O)n2nc(C)sc2n1)c1ccccc1. The highest BCUT2D eigenvalue weighted by molar-refractivity contribution is 7.16. The van der Waals surface area contributed by atoms with E-state index < -0.39 is 6.10 Å². The highest BCUT2D eigenvalue weighted by Gasteiger charge is 2.14. The molecule has 0 aliphatic rings. The average molecular weight is 344 g/mol. The summed E-state index contributed by atoms with van der Waals surface area (Å²) in [7, 11) is 0. The molecule has 0 aliphatic carbocycles. The van der Waals surface area contributed by atoms with Gasteiger partial charge in [-0.05, 0) is 25.5 Å². The van der Waals surface area contributed by atoms with E-state index in [1.807, 2.05) is 49.1 Å². The summed E-state index contributed by atoms with van der Waals surface area (Å²) >= 11 is 1.39. The number of rotatable bonds is 6. The van der Waals surface area contributed by atoms with Crippen LogP contribution in [0.3, 0.4) is 0 Å². The number of para-hydroxylation sites is 1. The van der Waals surface area contributed by atoms with E-state index in [1.165, 1.54) is 21.9 Å². The lowest BCUT2D eigenvalue weighted by Gasteiger charge is -2.26. The summed E-state index contributed by atoms with van der Waals surface area (Å²) in [4.78, 5) is 19.4. The molecule has 0 radical (unpaired) electrons. The smallest absolute Gasteiger partial charge is 0.275 e. The van der Waals surface area contributed by atoms with Gasteiger partial charge in [-0.15, -0.1) is 0 Å².